The van der Waals surface area contributed by atoms with Gasteiger partial charge >= 0.3 is 0 Å². The number of aliphatic imine (C=N–C) groups is 1. The molecule has 1 N–H and O–H groups in total. The predicted octanol–water partition coefficient (Wildman–Crippen LogP) is 1.90. The fraction of sp³-hybridized carbons (Fsp3) is 0.917. The van der Waals surface area contributed by atoms with Crippen LogP contribution in [0.4, 0.5) is 0 Å². The van der Waals surface area contributed by atoms with Gasteiger partial charge in [0.05, 0.1) is 26.4 Å². The van der Waals surface area contributed by atoms with E-state index in [-0.39, 0.29) is 5.54 Å². The van der Waals surface area contributed by atoms with Crippen LogP contribution in [0.5, 0.6) is 0 Å². The van der Waals surface area contributed by atoms with E-state index in [1.165, 1.54) is 0 Å². The third kappa shape index (κ3) is 4.85. The Balaban J connectivity index is 2.19. The summed E-state index contributed by atoms with van der Waals surface area (Å²) in [5.74, 6) is 1.13. The average molecular weight is 260 g/mol. The van der Waals surface area contributed by atoms with E-state index < -0.39 is 0 Å². The molecule has 1 saturated heterocycles. The fourth-order valence-electron chi connectivity index (χ4n) is 1.68. The molecule has 0 aromatic rings. The number of hydrogen-bond acceptors (Lipinski definition) is 4. The Morgan fingerprint density at radius 3 is 2.65 bits per heavy atom. The molecule has 0 saturated carbocycles. The number of rotatable bonds is 8. The Hall–Kier alpha value is -0.260. The van der Waals surface area contributed by atoms with Crippen molar-refractivity contribution in [1.82, 2.24) is 5.32 Å². The molecule has 0 aromatic carbocycles. The highest BCUT2D eigenvalue weighted by molar-refractivity contribution is 8.14. The smallest absolute Gasteiger partial charge is 0.157 e. The number of thioether (sulfide) groups is 1. The molecule has 0 aromatic heterocycles. The Morgan fingerprint density at radius 2 is 2.06 bits per heavy atom. The lowest BCUT2D eigenvalue weighted by Crippen LogP contribution is -2.42. The lowest BCUT2D eigenvalue weighted by molar-refractivity contribution is 0.0748. The summed E-state index contributed by atoms with van der Waals surface area (Å²) >= 11 is 1.83. The van der Waals surface area contributed by atoms with Gasteiger partial charge in [0, 0.05) is 18.4 Å². The normalized spacial score (nSPS) is 20.8. The van der Waals surface area contributed by atoms with Gasteiger partial charge in [0.1, 0.15) is 0 Å². The number of ether oxygens (including phenoxy) is 2. The van der Waals surface area contributed by atoms with Gasteiger partial charge in [-0.25, -0.2) is 0 Å². The maximum atomic E-state index is 5.37. The predicted molar refractivity (Wildman–Crippen MR) is 73.9 cm³/mol. The number of nitrogens with zero attached hydrogens (tertiary/aromatic N) is 1. The van der Waals surface area contributed by atoms with Crippen molar-refractivity contribution >= 4 is 16.9 Å². The van der Waals surface area contributed by atoms with E-state index in [0.29, 0.717) is 19.8 Å². The molecular weight excluding hydrogens is 236 g/mol. The van der Waals surface area contributed by atoms with Gasteiger partial charge in [-0.2, -0.15) is 0 Å². The second kappa shape index (κ2) is 7.95. The minimum Gasteiger partial charge on any atom is -0.382 e. The first-order valence-electron chi connectivity index (χ1n) is 6.28. The first-order chi connectivity index (χ1) is 8.26. The van der Waals surface area contributed by atoms with Gasteiger partial charge in [-0.15, -0.1) is 0 Å². The summed E-state index contributed by atoms with van der Waals surface area (Å²) in [6, 6.07) is 0. The zero-order chi connectivity index (χ0) is 12.6. The van der Waals surface area contributed by atoms with Crippen molar-refractivity contribution in [1.29, 1.82) is 0 Å². The standard InChI is InChI=1S/C12H24N2O2S/c1-4-12(5-2)10-17-11(14-12)13-6-7-16-9-8-15-3/h4-10H2,1-3H3,(H,13,14). The molecule has 0 atom stereocenters. The van der Waals surface area contributed by atoms with E-state index in [4.69, 9.17) is 9.47 Å². The Labute approximate surface area is 109 Å². The first-order valence-corrected chi connectivity index (χ1v) is 7.27. The van der Waals surface area contributed by atoms with Crippen molar-refractivity contribution in [2.24, 2.45) is 4.99 Å². The van der Waals surface area contributed by atoms with Crippen LogP contribution in [-0.4, -0.2) is 49.9 Å². The SMILES string of the molecule is CCC1(CC)CSC(=NCCOCCOC)N1. The maximum absolute atomic E-state index is 5.37. The van der Waals surface area contributed by atoms with Crippen LogP contribution in [0.3, 0.4) is 0 Å². The van der Waals surface area contributed by atoms with Crippen LogP contribution in [0.1, 0.15) is 26.7 Å². The molecule has 17 heavy (non-hydrogen) atoms. The second-order valence-corrected chi connectivity index (χ2v) is 5.16. The van der Waals surface area contributed by atoms with E-state index in [1.807, 2.05) is 11.8 Å². The number of amidine groups is 1. The first kappa shape index (κ1) is 14.8. The topological polar surface area (TPSA) is 42.9 Å². The molecule has 1 rings (SSSR count). The highest BCUT2D eigenvalue weighted by atomic mass is 32.2. The van der Waals surface area contributed by atoms with Gasteiger partial charge in [0.2, 0.25) is 0 Å². The molecule has 4 nitrogen and oxygen atoms in total. The van der Waals surface area contributed by atoms with E-state index in [0.717, 1.165) is 30.3 Å². The summed E-state index contributed by atoms with van der Waals surface area (Å²) in [5.41, 5.74) is 0.264. The largest absolute Gasteiger partial charge is 0.382 e. The fourth-order valence-corrected chi connectivity index (χ4v) is 3.04. The molecule has 0 aliphatic carbocycles. The summed E-state index contributed by atoms with van der Waals surface area (Å²) in [4.78, 5) is 4.51. The van der Waals surface area contributed by atoms with Gasteiger partial charge in [0.15, 0.2) is 5.17 Å². The number of hydrogen-bond donors (Lipinski definition) is 1. The molecule has 1 fully saturated rings. The third-order valence-electron chi connectivity index (χ3n) is 3.13. The van der Waals surface area contributed by atoms with Crippen molar-refractivity contribution < 1.29 is 9.47 Å². The summed E-state index contributed by atoms with van der Waals surface area (Å²) in [6.07, 6.45) is 2.31. The third-order valence-corrected chi connectivity index (χ3v) is 4.34. The Kier molecular flexibility index (Phi) is 6.92. The minimum atomic E-state index is 0.264. The van der Waals surface area contributed by atoms with Crippen LogP contribution in [0, 0.1) is 0 Å². The van der Waals surface area contributed by atoms with Crippen molar-refractivity contribution in [2.75, 3.05) is 39.2 Å². The molecule has 5 heteroatoms. The molecule has 0 amide bonds. The van der Waals surface area contributed by atoms with E-state index in [2.05, 4.69) is 24.2 Å². The van der Waals surface area contributed by atoms with Crippen molar-refractivity contribution in [3.05, 3.63) is 0 Å². The Bertz CT molecular complexity index is 243. The highest BCUT2D eigenvalue weighted by Crippen LogP contribution is 2.28. The average Bonchev–Trinajstić information content (AvgIpc) is 2.78. The summed E-state index contributed by atoms with van der Waals surface area (Å²) in [6.45, 7) is 7.15. The lowest BCUT2D eigenvalue weighted by atomic mass is 9.96. The van der Waals surface area contributed by atoms with Gasteiger partial charge < -0.3 is 14.8 Å². The number of nitrogens with one attached hydrogen (secondary N) is 1. The summed E-state index contributed by atoms with van der Waals surface area (Å²) < 4.78 is 10.3. The maximum Gasteiger partial charge on any atom is 0.157 e. The molecule has 1 aliphatic rings. The second-order valence-electron chi connectivity index (χ2n) is 4.19. The molecule has 0 spiro atoms. The highest BCUT2D eigenvalue weighted by Gasteiger charge is 2.33. The monoisotopic (exact) mass is 260 g/mol. The lowest BCUT2D eigenvalue weighted by Gasteiger charge is -2.25. The van der Waals surface area contributed by atoms with Gasteiger partial charge in [-0.1, -0.05) is 25.6 Å². The van der Waals surface area contributed by atoms with E-state index in [1.54, 1.807) is 7.11 Å². The molecule has 1 aliphatic heterocycles. The minimum absolute atomic E-state index is 0.264. The zero-order valence-corrected chi connectivity index (χ0v) is 11.9. The molecule has 100 valence electrons. The Morgan fingerprint density at radius 1 is 1.29 bits per heavy atom. The molecule has 1 heterocycles. The van der Waals surface area contributed by atoms with Crippen molar-refractivity contribution in [3.63, 3.8) is 0 Å². The molecule has 0 radical (unpaired) electrons. The van der Waals surface area contributed by atoms with Crippen molar-refractivity contribution in [2.45, 2.75) is 32.2 Å². The van der Waals surface area contributed by atoms with Crippen molar-refractivity contribution in [3.8, 4) is 0 Å². The molecular formula is C12H24N2O2S. The van der Waals surface area contributed by atoms with Crippen LogP contribution >= 0.6 is 11.8 Å². The van der Waals surface area contributed by atoms with Gasteiger partial charge in [-0.05, 0) is 12.8 Å². The summed E-state index contributed by atoms with van der Waals surface area (Å²) in [5, 5.41) is 4.61. The van der Waals surface area contributed by atoms with E-state index in [9.17, 15) is 0 Å². The van der Waals surface area contributed by atoms with E-state index >= 15 is 0 Å². The van der Waals surface area contributed by atoms with Crippen LogP contribution < -0.4 is 5.32 Å². The van der Waals surface area contributed by atoms with Gasteiger partial charge in [0.25, 0.3) is 0 Å². The molecule has 0 unspecified atom stereocenters. The van der Waals surface area contributed by atoms with Crippen LogP contribution in [0.2, 0.25) is 0 Å². The number of methoxy groups -OCH3 is 1. The molecule has 0 bridgehead atoms. The summed E-state index contributed by atoms with van der Waals surface area (Å²) in [7, 11) is 1.68. The zero-order valence-electron chi connectivity index (χ0n) is 11.1. The quantitative estimate of drug-likeness (QED) is 0.677. The van der Waals surface area contributed by atoms with Crippen LogP contribution in [0.25, 0.3) is 0 Å². The van der Waals surface area contributed by atoms with Crippen LogP contribution in [-0.2, 0) is 9.47 Å². The van der Waals surface area contributed by atoms with Gasteiger partial charge in [-0.3, -0.25) is 4.99 Å². The van der Waals surface area contributed by atoms with Crippen LogP contribution in [0.15, 0.2) is 4.99 Å².